The molecule has 0 atom stereocenters. The van der Waals surface area contributed by atoms with Gasteiger partial charge in [-0.15, -0.1) is 0 Å². The van der Waals surface area contributed by atoms with Crippen molar-refractivity contribution < 1.29 is 14.7 Å². The van der Waals surface area contributed by atoms with Crippen molar-refractivity contribution in [2.24, 2.45) is 5.41 Å². The van der Waals surface area contributed by atoms with Crippen LogP contribution in [0.25, 0.3) is 0 Å². The van der Waals surface area contributed by atoms with Gasteiger partial charge in [-0.05, 0) is 19.3 Å². The molecule has 0 heterocycles. The van der Waals surface area contributed by atoms with E-state index in [0.29, 0.717) is 6.54 Å². The summed E-state index contributed by atoms with van der Waals surface area (Å²) in [6.07, 6.45) is 0. The Labute approximate surface area is 96.8 Å². The zero-order valence-corrected chi connectivity index (χ0v) is 10.9. The second-order valence-corrected chi connectivity index (χ2v) is 5.64. The Balaban J connectivity index is 4.46. The van der Waals surface area contributed by atoms with Crippen molar-refractivity contribution in [1.29, 1.82) is 0 Å². The Morgan fingerprint density at radius 1 is 1.19 bits per heavy atom. The molecule has 94 valence electrons. The van der Waals surface area contributed by atoms with Gasteiger partial charge < -0.3 is 15.3 Å². The third-order valence-electron chi connectivity index (χ3n) is 2.44. The normalized spacial score (nSPS) is 12.1. The van der Waals surface area contributed by atoms with Crippen molar-refractivity contribution in [3.05, 3.63) is 0 Å². The smallest absolute Gasteiger partial charge is 0.329 e. The molecule has 0 aromatic heterocycles. The fraction of sp³-hybridized carbons (Fsp3) is 0.818. The number of carbonyl (C=O) groups excluding carboxylic acids is 1. The Morgan fingerprint density at radius 2 is 1.62 bits per heavy atom. The number of rotatable bonds is 3. The minimum atomic E-state index is -1.21. The quantitative estimate of drug-likeness (QED) is 0.772. The van der Waals surface area contributed by atoms with Crippen molar-refractivity contribution in [3.63, 3.8) is 0 Å². The van der Waals surface area contributed by atoms with E-state index >= 15 is 0 Å². The van der Waals surface area contributed by atoms with Crippen molar-refractivity contribution in [1.82, 2.24) is 10.2 Å². The minimum absolute atomic E-state index is 0.0239. The van der Waals surface area contributed by atoms with Crippen molar-refractivity contribution in [2.75, 3.05) is 13.6 Å². The lowest BCUT2D eigenvalue weighted by Gasteiger charge is -2.32. The number of amides is 2. The topological polar surface area (TPSA) is 69.6 Å². The average molecular weight is 230 g/mol. The van der Waals surface area contributed by atoms with Crippen LogP contribution >= 0.6 is 0 Å². The summed E-state index contributed by atoms with van der Waals surface area (Å²) in [7, 11) is 1.48. The number of carboxylic acid groups (broad SMARTS) is 1. The second-order valence-electron chi connectivity index (χ2n) is 5.64. The number of aliphatic carboxylic acids is 1. The van der Waals surface area contributed by atoms with Gasteiger partial charge in [-0.2, -0.15) is 0 Å². The first kappa shape index (κ1) is 14.7. The van der Waals surface area contributed by atoms with Gasteiger partial charge in [-0.1, -0.05) is 20.8 Å². The number of hydrogen-bond donors (Lipinski definition) is 2. The molecule has 0 spiro atoms. The molecule has 0 saturated heterocycles. The fourth-order valence-corrected chi connectivity index (χ4v) is 0.857. The SMILES string of the molecule is CN(C(=O)NCC(C)(C)C)C(C)(C)C(=O)O. The molecule has 5 nitrogen and oxygen atoms in total. The third-order valence-corrected chi connectivity index (χ3v) is 2.44. The molecule has 0 aromatic carbocycles. The Morgan fingerprint density at radius 3 is 1.94 bits per heavy atom. The van der Waals surface area contributed by atoms with E-state index in [1.807, 2.05) is 20.8 Å². The van der Waals surface area contributed by atoms with Crippen molar-refractivity contribution >= 4 is 12.0 Å². The number of hydrogen-bond acceptors (Lipinski definition) is 2. The van der Waals surface area contributed by atoms with Gasteiger partial charge in [0.05, 0.1) is 0 Å². The van der Waals surface area contributed by atoms with Crippen LogP contribution in [0.2, 0.25) is 0 Å². The summed E-state index contributed by atoms with van der Waals surface area (Å²) in [4.78, 5) is 23.8. The van der Waals surface area contributed by atoms with Gasteiger partial charge in [0.2, 0.25) is 0 Å². The molecule has 0 rings (SSSR count). The summed E-state index contributed by atoms with van der Waals surface area (Å²) in [6, 6.07) is -0.373. The molecular formula is C11H22N2O3. The Kier molecular flexibility index (Phi) is 4.35. The minimum Gasteiger partial charge on any atom is -0.480 e. The van der Waals surface area contributed by atoms with Gasteiger partial charge in [0, 0.05) is 13.6 Å². The first-order chi connectivity index (χ1) is 6.98. The predicted molar refractivity (Wildman–Crippen MR) is 62.3 cm³/mol. The van der Waals surface area contributed by atoms with Gasteiger partial charge >= 0.3 is 12.0 Å². The zero-order chi connectivity index (χ0) is 13.1. The maximum atomic E-state index is 11.7. The van der Waals surface area contributed by atoms with Crippen LogP contribution in [0.5, 0.6) is 0 Å². The molecule has 0 aliphatic carbocycles. The molecule has 0 fully saturated rings. The molecule has 0 saturated carbocycles. The van der Waals surface area contributed by atoms with Crippen LogP contribution in [0, 0.1) is 5.41 Å². The van der Waals surface area contributed by atoms with Gasteiger partial charge in [-0.25, -0.2) is 9.59 Å². The van der Waals surface area contributed by atoms with E-state index < -0.39 is 11.5 Å². The van der Waals surface area contributed by atoms with Gasteiger partial charge in [-0.3, -0.25) is 0 Å². The second kappa shape index (κ2) is 4.72. The summed E-state index contributed by atoms with van der Waals surface area (Å²) < 4.78 is 0. The van der Waals surface area contributed by atoms with Crippen LogP contribution in [-0.2, 0) is 4.79 Å². The Hall–Kier alpha value is -1.26. The average Bonchev–Trinajstić information content (AvgIpc) is 2.11. The van der Waals surface area contributed by atoms with E-state index in [1.165, 1.54) is 25.8 Å². The highest BCUT2D eigenvalue weighted by Crippen LogP contribution is 2.14. The van der Waals surface area contributed by atoms with E-state index in [0.717, 1.165) is 0 Å². The maximum absolute atomic E-state index is 11.7. The number of nitrogens with one attached hydrogen (secondary N) is 1. The standard InChI is InChI=1S/C11H22N2O3/c1-10(2,3)7-12-9(16)13(6)11(4,5)8(14)15/h7H2,1-6H3,(H,12,16)(H,14,15). The summed E-state index contributed by atoms with van der Waals surface area (Å²) in [6.45, 7) is 9.48. The van der Waals surface area contributed by atoms with Gasteiger partial charge in [0.15, 0.2) is 0 Å². The van der Waals surface area contributed by atoms with Crippen LogP contribution in [-0.4, -0.2) is 41.1 Å². The highest BCUT2D eigenvalue weighted by molar-refractivity contribution is 5.85. The summed E-state index contributed by atoms with van der Waals surface area (Å²) in [5.41, 5.74) is -1.23. The number of likely N-dealkylation sites (N-methyl/N-ethyl adjacent to an activating group) is 1. The molecule has 5 heteroatoms. The highest BCUT2D eigenvalue weighted by Gasteiger charge is 2.35. The third kappa shape index (κ3) is 4.08. The van der Waals surface area contributed by atoms with Crippen molar-refractivity contribution in [3.8, 4) is 0 Å². The molecule has 16 heavy (non-hydrogen) atoms. The molecular weight excluding hydrogens is 208 g/mol. The van der Waals surface area contributed by atoms with E-state index in [-0.39, 0.29) is 11.4 Å². The summed E-state index contributed by atoms with van der Waals surface area (Å²) >= 11 is 0. The largest absolute Gasteiger partial charge is 0.480 e. The molecule has 0 aromatic rings. The van der Waals surface area contributed by atoms with Gasteiger partial charge in [0.1, 0.15) is 5.54 Å². The lowest BCUT2D eigenvalue weighted by Crippen LogP contribution is -2.54. The number of nitrogens with zero attached hydrogens (tertiary/aromatic N) is 1. The molecule has 0 aliphatic rings. The fourth-order valence-electron chi connectivity index (χ4n) is 0.857. The molecule has 0 aliphatic heterocycles. The summed E-state index contributed by atoms with van der Waals surface area (Å²) in [5.74, 6) is -1.03. The number of carbonyl (C=O) groups is 2. The van der Waals surface area contributed by atoms with E-state index in [4.69, 9.17) is 5.11 Å². The van der Waals surface area contributed by atoms with Crippen LogP contribution in [0.15, 0.2) is 0 Å². The maximum Gasteiger partial charge on any atom is 0.329 e. The van der Waals surface area contributed by atoms with Crippen LogP contribution in [0.4, 0.5) is 4.79 Å². The van der Waals surface area contributed by atoms with Crippen LogP contribution in [0.1, 0.15) is 34.6 Å². The first-order valence-electron chi connectivity index (χ1n) is 5.23. The lowest BCUT2D eigenvalue weighted by atomic mass is 9.97. The molecule has 2 N–H and O–H groups in total. The predicted octanol–water partition coefficient (Wildman–Crippen LogP) is 1.54. The van der Waals surface area contributed by atoms with Crippen molar-refractivity contribution in [2.45, 2.75) is 40.2 Å². The zero-order valence-electron chi connectivity index (χ0n) is 10.9. The Bertz CT molecular complexity index is 279. The monoisotopic (exact) mass is 230 g/mol. The van der Waals surface area contributed by atoms with E-state index in [2.05, 4.69) is 5.32 Å². The molecule has 0 bridgehead atoms. The number of carboxylic acids is 1. The highest BCUT2D eigenvalue weighted by atomic mass is 16.4. The summed E-state index contributed by atoms with van der Waals surface area (Å²) in [5, 5.41) is 11.7. The molecule has 0 unspecified atom stereocenters. The first-order valence-corrected chi connectivity index (χ1v) is 5.23. The van der Waals surface area contributed by atoms with Gasteiger partial charge in [0.25, 0.3) is 0 Å². The van der Waals surface area contributed by atoms with Crippen LogP contribution in [0.3, 0.4) is 0 Å². The molecule has 0 radical (unpaired) electrons. The number of urea groups is 1. The lowest BCUT2D eigenvalue weighted by molar-refractivity contribution is -0.146. The van der Waals surface area contributed by atoms with E-state index in [9.17, 15) is 9.59 Å². The van der Waals surface area contributed by atoms with Crippen LogP contribution < -0.4 is 5.32 Å². The molecule has 2 amide bonds. The van der Waals surface area contributed by atoms with E-state index in [1.54, 1.807) is 0 Å².